The first kappa shape index (κ1) is 8.93. The third-order valence-electron chi connectivity index (χ3n) is 3.09. The van der Waals surface area contributed by atoms with E-state index in [4.69, 9.17) is 4.74 Å². The number of aryl methyl sites for hydroxylation is 2. The Kier molecular flexibility index (Phi) is 1.83. The second-order valence-electron chi connectivity index (χ2n) is 4.34. The largest absolute Gasteiger partial charge is 0.368 e. The average Bonchev–Trinajstić information content (AvgIpc) is 3.02. The molecular formula is C14H14O. The van der Waals surface area contributed by atoms with Crippen LogP contribution in [0.3, 0.4) is 0 Å². The normalized spacial score (nSPS) is 19.5. The number of hydrogen-bond donors (Lipinski definition) is 0. The van der Waals surface area contributed by atoms with Crippen LogP contribution in [0.15, 0.2) is 30.3 Å². The lowest BCUT2D eigenvalue weighted by atomic mass is 9.96. The molecule has 0 radical (unpaired) electrons. The second-order valence-corrected chi connectivity index (χ2v) is 4.34. The molecular weight excluding hydrogens is 184 g/mol. The maximum atomic E-state index is 5.41. The van der Waals surface area contributed by atoms with Gasteiger partial charge in [0, 0.05) is 0 Å². The molecule has 0 aromatic heterocycles. The van der Waals surface area contributed by atoms with Crippen LogP contribution < -0.4 is 0 Å². The molecule has 0 bridgehead atoms. The number of hydrogen-bond acceptors (Lipinski definition) is 1. The third kappa shape index (κ3) is 1.44. The highest BCUT2D eigenvalue weighted by Crippen LogP contribution is 2.37. The highest BCUT2D eigenvalue weighted by molar-refractivity contribution is 5.88. The molecule has 1 unspecified atom stereocenters. The van der Waals surface area contributed by atoms with Crippen LogP contribution >= 0.6 is 0 Å². The summed E-state index contributed by atoms with van der Waals surface area (Å²) in [6.45, 7) is 5.18. The Morgan fingerprint density at radius 3 is 2.67 bits per heavy atom. The fraction of sp³-hybridized carbons (Fsp3) is 0.286. The van der Waals surface area contributed by atoms with Gasteiger partial charge in [-0.3, -0.25) is 0 Å². The molecule has 1 aliphatic rings. The van der Waals surface area contributed by atoms with E-state index in [1.807, 2.05) is 0 Å². The standard InChI is InChI=1S/C14H14O/c1-9-3-6-12-11(7-9)5-4-10(2)14(12)13-8-15-13/h3-7,13H,8H2,1-2H3. The van der Waals surface area contributed by atoms with Crippen molar-refractivity contribution in [2.75, 3.05) is 6.61 Å². The summed E-state index contributed by atoms with van der Waals surface area (Å²) in [4.78, 5) is 0. The van der Waals surface area contributed by atoms with E-state index in [0.717, 1.165) is 6.61 Å². The Morgan fingerprint density at radius 1 is 1.13 bits per heavy atom. The monoisotopic (exact) mass is 198 g/mol. The number of benzene rings is 2. The molecule has 1 nitrogen and oxygen atoms in total. The summed E-state index contributed by atoms with van der Waals surface area (Å²) in [5.41, 5.74) is 4.04. The molecule has 15 heavy (non-hydrogen) atoms. The van der Waals surface area contributed by atoms with Crippen LogP contribution in [-0.4, -0.2) is 6.61 Å². The SMILES string of the molecule is Cc1ccc2c(C3CO3)c(C)ccc2c1. The van der Waals surface area contributed by atoms with E-state index >= 15 is 0 Å². The quantitative estimate of drug-likeness (QED) is 0.639. The number of epoxide rings is 1. The molecule has 1 heterocycles. The summed E-state index contributed by atoms with van der Waals surface area (Å²) in [6, 6.07) is 11.0. The van der Waals surface area contributed by atoms with Gasteiger partial charge in [-0.1, -0.05) is 35.9 Å². The van der Waals surface area contributed by atoms with Gasteiger partial charge in [0.05, 0.1) is 6.61 Å². The van der Waals surface area contributed by atoms with Crippen molar-refractivity contribution in [2.45, 2.75) is 20.0 Å². The Bertz CT molecular complexity index is 524. The maximum Gasteiger partial charge on any atom is 0.107 e. The molecule has 3 rings (SSSR count). The molecule has 76 valence electrons. The summed E-state index contributed by atoms with van der Waals surface area (Å²) in [6.07, 6.45) is 0.344. The smallest absolute Gasteiger partial charge is 0.107 e. The Morgan fingerprint density at radius 2 is 1.93 bits per heavy atom. The van der Waals surface area contributed by atoms with Gasteiger partial charge in [-0.15, -0.1) is 0 Å². The summed E-state index contributed by atoms with van der Waals surface area (Å²) >= 11 is 0. The Labute approximate surface area is 89.7 Å². The Hall–Kier alpha value is -1.34. The topological polar surface area (TPSA) is 12.5 Å². The predicted octanol–water partition coefficient (Wildman–Crippen LogP) is 3.53. The second kappa shape index (κ2) is 3.07. The highest BCUT2D eigenvalue weighted by Gasteiger charge is 2.27. The first-order chi connectivity index (χ1) is 7.25. The zero-order chi connectivity index (χ0) is 10.4. The number of fused-ring (bicyclic) bond motifs is 1. The highest BCUT2D eigenvalue weighted by atomic mass is 16.6. The van der Waals surface area contributed by atoms with Crippen molar-refractivity contribution in [3.63, 3.8) is 0 Å². The van der Waals surface area contributed by atoms with Crippen LogP contribution in [-0.2, 0) is 4.74 Å². The van der Waals surface area contributed by atoms with E-state index < -0.39 is 0 Å². The zero-order valence-electron chi connectivity index (χ0n) is 9.08. The van der Waals surface area contributed by atoms with E-state index in [0.29, 0.717) is 6.10 Å². The van der Waals surface area contributed by atoms with Crippen molar-refractivity contribution < 1.29 is 4.74 Å². The van der Waals surface area contributed by atoms with Crippen LogP contribution in [0.1, 0.15) is 22.8 Å². The van der Waals surface area contributed by atoms with Crippen LogP contribution in [0.25, 0.3) is 10.8 Å². The summed E-state index contributed by atoms with van der Waals surface area (Å²) in [5.74, 6) is 0. The minimum absolute atomic E-state index is 0.344. The van der Waals surface area contributed by atoms with Crippen LogP contribution in [0.4, 0.5) is 0 Å². The van der Waals surface area contributed by atoms with Gasteiger partial charge in [-0.2, -0.15) is 0 Å². The van der Waals surface area contributed by atoms with Gasteiger partial charge in [0.25, 0.3) is 0 Å². The lowest BCUT2D eigenvalue weighted by Crippen LogP contribution is -1.89. The van der Waals surface area contributed by atoms with Gasteiger partial charge in [0.2, 0.25) is 0 Å². The molecule has 2 aromatic carbocycles. The van der Waals surface area contributed by atoms with E-state index in [1.54, 1.807) is 0 Å². The summed E-state index contributed by atoms with van der Waals surface area (Å²) in [7, 11) is 0. The minimum Gasteiger partial charge on any atom is -0.368 e. The van der Waals surface area contributed by atoms with Crippen molar-refractivity contribution >= 4 is 10.8 Å². The molecule has 1 fully saturated rings. The number of ether oxygens (including phenoxy) is 1. The lowest BCUT2D eigenvalue weighted by Gasteiger charge is -2.08. The van der Waals surface area contributed by atoms with Gasteiger partial charge >= 0.3 is 0 Å². The molecule has 1 aliphatic heterocycles. The fourth-order valence-electron chi connectivity index (χ4n) is 2.22. The van der Waals surface area contributed by atoms with Crippen molar-refractivity contribution in [3.8, 4) is 0 Å². The van der Waals surface area contributed by atoms with Gasteiger partial charge in [0.1, 0.15) is 6.10 Å². The van der Waals surface area contributed by atoms with E-state index in [2.05, 4.69) is 44.2 Å². The molecule has 0 aliphatic carbocycles. The lowest BCUT2D eigenvalue weighted by molar-refractivity contribution is 0.416. The summed E-state index contributed by atoms with van der Waals surface area (Å²) in [5, 5.41) is 2.68. The molecule has 2 aromatic rings. The van der Waals surface area contributed by atoms with Crippen molar-refractivity contribution in [1.29, 1.82) is 0 Å². The van der Waals surface area contributed by atoms with Gasteiger partial charge in [-0.25, -0.2) is 0 Å². The van der Waals surface area contributed by atoms with E-state index in [9.17, 15) is 0 Å². The van der Waals surface area contributed by atoms with Gasteiger partial charge in [-0.05, 0) is 35.7 Å². The predicted molar refractivity (Wildman–Crippen MR) is 62.1 cm³/mol. The van der Waals surface area contributed by atoms with Gasteiger partial charge < -0.3 is 4.74 Å². The van der Waals surface area contributed by atoms with Gasteiger partial charge in [0.15, 0.2) is 0 Å². The van der Waals surface area contributed by atoms with E-state index in [1.165, 1.54) is 27.5 Å². The Balaban J connectivity index is 2.34. The molecule has 1 atom stereocenters. The number of rotatable bonds is 1. The maximum absolute atomic E-state index is 5.41. The molecule has 0 amide bonds. The van der Waals surface area contributed by atoms with Crippen LogP contribution in [0, 0.1) is 13.8 Å². The molecule has 0 N–H and O–H groups in total. The third-order valence-corrected chi connectivity index (χ3v) is 3.09. The van der Waals surface area contributed by atoms with E-state index in [-0.39, 0.29) is 0 Å². The van der Waals surface area contributed by atoms with Crippen molar-refractivity contribution in [3.05, 3.63) is 47.0 Å². The van der Waals surface area contributed by atoms with Crippen LogP contribution in [0.2, 0.25) is 0 Å². The summed E-state index contributed by atoms with van der Waals surface area (Å²) < 4.78 is 5.41. The zero-order valence-corrected chi connectivity index (χ0v) is 9.08. The molecule has 1 heteroatoms. The fourth-order valence-corrected chi connectivity index (χ4v) is 2.22. The molecule has 0 saturated carbocycles. The van der Waals surface area contributed by atoms with Crippen molar-refractivity contribution in [1.82, 2.24) is 0 Å². The molecule has 1 saturated heterocycles. The average molecular weight is 198 g/mol. The first-order valence-electron chi connectivity index (χ1n) is 5.37. The first-order valence-corrected chi connectivity index (χ1v) is 5.37. The minimum atomic E-state index is 0.344. The molecule has 0 spiro atoms. The van der Waals surface area contributed by atoms with Crippen LogP contribution in [0.5, 0.6) is 0 Å². The van der Waals surface area contributed by atoms with Crippen molar-refractivity contribution in [2.24, 2.45) is 0 Å².